The van der Waals surface area contributed by atoms with Gasteiger partial charge in [0.05, 0.1) is 5.56 Å². The van der Waals surface area contributed by atoms with Crippen molar-refractivity contribution in [3.8, 4) is 11.5 Å². The predicted octanol–water partition coefficient (Wildman–Crippen LogP) is 6.69. The summed E-state index contributed by atoms with van der Waals surface area (Å²) >= 11 is 0. The van der Waals surface area contributed by atoms with Gasteiger partial charge in [0.15, 0.2) is 5.58 Å². The Kier molecular flexibility index (Phi) is 5.05. The first-order valence-corrected chi connectivity index (χ1v) is 9.60. The molecule has 0 radical (unpaired) electrons. The van der Waals surface area contributed by atoms with Crippen molar-refractivity contribution in [2.75, 3.05) is 5.32 Å². The van der Waals surface area contributed by atoms with Gasteiger partial charge in [-0.2, -0.15) is 13.2 Å². The standard InChI is InChI=1S/C24H19F3N2O2/c1-13-7-10-21-20(11-13)29-23(31-21)17-5-4-6-19(15(17)3)28-22(30)16-9-8-14(2)18(12-16)24(25,26)27/h4-12H,1-3H3,(H,28,30). The lowest BCUT2D eigenvalue weighted by atomic mass is 10.0. The van der Waals surface area contributed by atoms with Gasteiger partial charge >= 0.3 is 6.18 Å². The smallest absolute Gasteiger partial charge is 0.416 e. The number of halogens is 3. The zero-order chi connectivity index (χ0) is 22.3. The normalized spacial score (nSPS) is 11.7. The van der Waals surface area contributed by atoms with Crippen LogP contribution in [0.15, 0.2) is 59.0 Å². The fourth-order valence-electron chi connectivity index (χ4n) is 3.42. The highest BCUT2D eigenvalue weighted by atomic mass is 19.4. The second-order valence-electron chi connectivity index (χ2n) is 7.45. The van der Waals surface area contributed by atoms with E-state index >= 15 is 0 Å². The molecule has 1 N–H and O–H groups in total. The Bertz CT molecular complexity index is 1310. The lowest BCUT2D eigenvalue weighted by Gasteiger charge is -2.14. The molecule has 0 bridgehead atoms. The molecule has 0 aliphatic carbocycles. The molecule has 1 amide bonds. The van der Waals surface area contributed by atoms with Gasteiger partial charge in [0.1, 0.15) is 5.52 Å². The number of alkyl halides is 3. The van der Waals surface area contributed by atoms with E-state index in [0.29, 0.717) is 28.3 Å². The Labute approximate surface area is 176 Å². The van der Waals surface area contributed by atoms with E-state index in [1.54, 1.807) is 19.1 Å². The number of carbonyl (C=O) groups excluding carboxylic acids is 1. The molecule has 4 rings (SSSR count). The van der Waals surface area contributed by atoms with Gasteiger partial charge in [-0.3, -0.25) is 4.79 Å². The van der Waals surface area contributed by atoms with E-state index in [0.717, 1.165) is 17.1 Å². The molecular weight excluding hydrogens is 405 g/mol. The zero-order valence-electron chi connectivity index (χ0n) is 17.1. The number of hydrogen-bond acceptors (Lipinski definition) is 3. The predicted molar refractivity (Wildman–Crippen MR) is 113 cm³/mol. The van der Waals surface area contributed by atoms with Crippen LogP contribution in [0.3, 0.4) is 0 Å². The average Bonchev–Trinajstić information content (AvgIpc) is 3.11. The van der Waals surface area contributed by atoms with Crippen LogP contribution in [0, 0.1) is 20.8 Å². The van der Waals surface area contributed by atoms with Crippen LogP contribution in [-0.2, 0) is 6.18 Å². The minimum Gasteiger partial charge on any atom is -0.436 e. The molecule has 0 saturated heterocycles. The number of anilines is 1. The van der Waals surface area contributed by atoms with Crippen LogP contribution in [0.2, 0.25) is 0 Å². The van der Waals surface area contributed by atoms with Gasteiger partial charge in [0.2, 0.25) is 5.89 Å². The fourth-order valence-corrected chi connectivity index (χ4v) is 3.42. The fraction of sp³-hybridized carbons (Fsp3) is 0.167. The van der Waals surface area contributed by atoms with Crippen LogP contribution in [0.25, 0.3) is 22.6 Å². The molecule has 3 aromatic carbocycles. The number of oxazole rings is 1. The van der Waals surface area contributed by atoms with Crippen molar-refractivity contribution in [2.24, 2.45) is 0 Å². The van der Waals surface area contributed by atoms with Gasteiger partial charge in [0.25, 0.3) is 5.91 Å². The Hall–Kier alpha value is -3.61. The van der Waals surface area contributed by atoms with Gasteiger partial charge in [-0.1, -0.05) is 18.2 Å². The third-order valence-corrected chi connectivity index (χ3v) is 5.16. The van der Waals surface area contributed by atoms with Crippen molar-refractivity contribution in [3.05, 3.63) is 82.4 Å². The first kappa shape index (κ1) is 20.7. The van der Waals surface area contributed by atoms with Gasteiger partial charge in [-0.15, -0.1) is 0 Å². The number of fused-ring (bicyclic) bond motifs is 1. The minimum atomic E-state index is -4.53. The maximum Gasteiger partial charge on any atom is 0.416 e. The van der Waals surface area contributed by atoms with Crippen LogP contribution in [-0.4, -0.2) is 10.9 Å². The van der Waals surface area contributed by atoms with Crippen molar-refractivity contribution >= 4 is 22.7 Å². The van der Waals surface area contributed by atoms with E-state index in [4.69, 9.17) is 4.42 Å². The highest BCUT2D eigenvalue weighted by molar-refractivity contribution is 6.05. The molecule has 1 heterocycles. The van der Waals surface area contributed by atoms with Gasteiger partial charge in [0, 0.05) is 16.8 Å². The number of amides is 1. The number of rotatable bonds is 3. The Morgan fingerprint density at radius 1 is 1.00 bits per heavy atom. The first-order valence-electron chi connectivity index (χ1n) is 9.60. The largest absolute Gasteiger partial charge is 0.436 e. The molecule has 31 heavy (non-hydrogen) atoms. The van der Waals surface area contributed by atoms with Crippen LogP contribution >= 0.6 is 0 Å². The molecule has 0 fully saturated rings. The van der Waals surface area contributed by atoms with E-state index in [2.05, 4.69) is 10.3 Å². The number of aromatic nitrogens is 1. The third kappa shape index (κ3) is 4.03. The van der Waals surface area contributed by atoms with Crippen molar-refractivity contribution in [1.29, 1.82) is 0 Å². The maximum atomic E-state index is 13.2. The van der Waals surface area contributed by atoms with Crippen molar-refractivity contribution in [1.82, 2.24) is 4.98 Å². The van der Waals surface area contributed by atoms with E-state index in [1.807, 2.05) is 31.2 Å². The van der Waals surface area contributed by atoms with Crippen LogP contribution in [0.5, 0.6) is 0 Å². The lowest BCUT2D eigenvalue weighted by Crippen LogP contribution is -2.15. The third-order valence-electron chi connectivity index (χ3n) is 5.16. The van der Waals surface area contributed by atoms with Crippen molar-refractivity contribution in [2.45, 2.75) is 26.9 Å². The van der Waals surface area contributed by atoms with E-state index in [1.165, 1.54) is 19.1 Å². The topological polar surface area (TPSA) is 55.1 Å². The molecule has 1 aromatic heterocycles. The summed E-state index contributed by atoms with van der Waals surface area (Å²) in [5.74, 6) is -0.220. The molecule has 7 heteroatoms. The lowest BCUT2D eigenvalue weighted by molar-refractivity contribution is -0.138. The van der Waals surface area contributed by atoms with Gasteiger partial charge < -0.3 is 9.73 Å². The summed E-state index contributed by atoms with van der Waals surface area (Å²) in [5.41, 5.74) is 3.45. The molecule has 0 aliphatic heterocycles. The quantitative estimate of drug-likeness (QED) is 0.399. The average molecular weight is 424 g/mol. The summed E-state index contributed by atoms with van der Waals surface area (Å²) < 4.78 is 45.4. The number of aryl methyl sites for hydroxylation is 2. The summed E-state index contributed by atoms with van der Waals surface area (Å²) in [5, 5.41) is 2.70. The van der Waals surface area contributed by atoms with Crippen molar-refractivity contribution < 1.29 is 22.4 Å². The summed E-state index contributed by atoms with van der Waals surface area (Å²) in [7, 11) is 0. The number of nitrogens with zero attached hydrogens (tertiary/aromatic N) is 1. The van der Waals surface area contributed by atoms with Crippen LogP contribution in [0.1, 0.15) is 32.6 Å². The number of hydrogen-bond donors (Lipinski definition) is 1. The highest BCUT2D eigenvalue weighted by Crippen LogP contribution is 2.33. The Balaban J connectivity index is 1.66. The van der Waals surface area contributed by atoms with Crippen LogP contribution in [0.4, 0.5) is 18.9 Å². The number of nitrogens with one attached hydrogen (secondary N) is 1. The van der Waals surface area contributed by atoms with Crippen LogP contribution < -0.4 is 5.32 Å². The molecule has 0 aliphatic rings. The van der Waals surface area contributed by atoms with Gasteiger partial charge in [-0.05, 0) is 73.9 Å². The van der Waals surface area contributed by atoms with Gasteiger partial charge in [-0.25, -0.2) is 4.98 Å². The first-order chi connectivity index (χ1) is 14.6. The molecule has 4 aromatic rings. The molecular formula is C24H19F3N2O2. The zero-order valence-corrected chi connectivity index (χ0v) is 17.1. The Morgan fingerprint density at radius 3 is 2.52 bits per heavy atom. The SMILES string of the molecule is Cc1ccc2oc(-c3cccc(NC(=O)c4ccc(C)c(C(F)(F)F)c4)c3C)nc2c1. The van der Waals surface area contributed by atoms with E-state index in [-0.39, 0.29) is 11.1 Å². The molecule has 0 spiro atoms. The summed E-state index contributed by atoms with van der Waals surface area (Å²) in [6.07, 6.45) is -4.53. The second-order valence-corrected chi connectivity index (χ2v) is 7.45. The summed E-state index contributed by atoms with van der Waals surface area (Å²) in [6, 6.07) is 14.5. The second kappa shape index (κ2) is 7.58. The Morgan fingerprint density at radius 2 is 1.77 bits per heavy atom. The molecule has 4 nitrogen and oxygen atoms in total. The number of benzene rings is 3. The summed E-state index contributed by atoms with van der Waals surface area (Å²) in [4.78, 5) is 17.2. The van der Waals surface area contributed by atoms with Crippen molar-refractivity contribution in [3.63, 3.8) is 0 Å². The molecule has 0 unspecified atom stereocenters. The minimum absolute atomic E-state index is 0.0634. The number of carbonyl (C=O) groups is 1. The molecule has 158 valence electrons. The highest BCUT2D eigenvalue weighted by Gasteiger charge is 2.33. The summed E-state index contributed by atoms with van der Waals surface area (Å²) in [6.45, 7) is 5.12. The van der Waals surface area contributed by atoms with E-state index < -0.39 is 17.6 Å². The van der Waals surface area contributed by atoms with E-state index in [9.17, 15) is 18.0 Å². The maximum absolute atomic E-state index is 13.2. The molecule has 0 atom stereocenters. The molecule has 0 saturated carbocycles. The monoisotopic (exact) mass is 424 g/mol.